The van der Waals surface area contributed by atoms with E-state index in [1.165, 1.54) is 0 Å². The molecule has 3 rings (SSSR count). The van der Waals surface area contributed by atoms with Gasteiger partial charge in [-0.2, -0.15) is 0 Å². The molecular formula is C22H17Cl2NO2. The zero-order chi connectivity index (χ0) is 19.1. The van der Waals surface area contributed by atoms with Gasteiger partial charge in [-0.05, 0) is 41.5 Å². The highest BCUT2D eigenvalue weighted by molar-refractivity contribution is 6.35. The number of carbonyl (C=O) groups is 1. The molecule has 0 atom stereocenters. The summed E-state index contributed by atoms with van der Waals surface area (Å²) in [5, 5.41) is 3.66. The number of anilines is 1. The summed E-state index contributed by atoms with van der Waals surface area (Å²) in [7, 11) is 0. The van der Waals surface area contributed by atoms with Crippen LogP contribution in [0.15, 0.2) is 72.8 Å². The lowest BCUT2D eigenvalue weighted by Gasteiger charge is -2.09. The molecule has 0 aliphatic rings. The predicted molar refractivity (Wildman–Crippen MR) is 112 cm³/mol. The lowest BCUT2D eigenvalue weighted by Crippen LogP contribution is -2.20. The van der Waals surface area contributed by atoms with Gasteiger partial charge in [0.25, 0.3) is 5.91 Å². The molecule has 5 heteroatoms. The monoisotopic (exact) mass is 397 g/mol. The maximum Gasteiger partial charge on any atom is 0.262 e. The highest BCUT2D eigenvalue weighted by atomic mass is 35.5. The minimum Gasteiger partial charge on any atom is -0.482 e. The van der Waals surface area contributed by atoms with Crippen LogP contribution in [0.2, 0.25) is 10.0 Å². The molecule has 0 saturated heterocycles. The number of halogens is 2. The smallest absolute Gasteiger partial charge is 0.262 e. The first-order valence-electron chi connectivity index (χ1n) is 8.31. The molecule has 27 heavy (non-hydrogen) atoms. The summed E-state index contributed by atoms with van der Waals surface area (Å²) in [4.78, 5) is 12.0. The van der Waals surface area contributed by atoms with E-state index in [0.29, 0.717) is 21.5 Å². The van der Waals surface area contributed by atoms with Crippen molar-refractivity contribution in [2.75, 3.05) is 11.9 Å². The van der Waals surface area contributed by atoms with Crippen LogP contribution in [0.25, 0.3) is 12.2 Å². The van der Waals surface area contributed by atoms with Crippen molar-refractivity contribution < 1.29 is 9.53 Å². The third-order valence-electron chi connectivity index (χ3n) is 3.71. The fourth-order valence-electron chi connectivity index (χ4n) is 2.37. The van der Waals surface area contributed by atoms with Gasteiger partial charge >= 0.3 is 0 Å². The molecule has 1 amide bonds. The average Bonchev–Trinajstić information content (AvgIpc) is 2.67. The molecule has 0 aliphatic heterocycles. The Morgan fingerprint density at radius 2 is 1.56 bits per heavy atom. The highest BCUT2D eigenvalue weighted by Crippen LogP contribution is 2.27. The summed E-state index contributed by atoms with van der Waals surface area (Å²) >= 11 is 11.8. The molecule has 3 aromatic carbocycles. The lowest BCUT2D eigenvalue weighted by atomic mass is 10.1. The van der Waals surface area contributed by atoms with Gasteiger partial charge in [0, 0.05) is 10.7 Å². The Balaban J connectivity index is 1.53. The van der Waals surface area contributed by atoms with Crippen molar-refractivity contribution in [1.29, 1.82) is 0 Å². The normalized spacial score (nSPS) is 10.7. The second-order valence-corrected chi connectivity index (χ2v) is 6.62. The van der Waals surface area contributed by atoms with Gasteiger partial charge in [0.1, 0.15) is 5.75 Å². The number of hydrogen-bond acceptors (Lipinski definition) is 2. The zero-order valence-corrected chi connectivity index (χ0v) is 15.9. The molecule has 136 valence electrons. The van der Waals surface area contributed by atoms with E-state index in [0.717, 1.165) is 11.1 Å². The van der Waals surface area contributed by atoms with Crippen LogP contribution < -0.4 is 10.1 Å². The van der Waals surface area contributed by atoms with Crippen LogP contribution in [0, 0.1) is 0 Å². The van der Waals surface area contributed by atoms with Crippen molar-refractivity contribution in [1.82, 2.24) is 0 Å². The topological polar surface area (TPSA) is 38.3 Å². The van der Waals surface area contributed by atoms with Gasteiger partial charge in [0.05, 0.1) is 5.02 Å². The van der Waals surface area contributed by atoms with E-state index in [1.54, 1.807) is 18.2 Å². The first-order chi connectivity index (χ1) is 13.1. The molecule has 3 aromatic rings. The second-order valence-electron chi connectivity index (χ2n) is 5.78. The number of rotatable bonds is 6. The van der Waals surface area contributed by atoms with Crippen molar-refractivity contribution >= 4 is 46.9 Å². The Labute approximate surface area is 168 Å². The Hall–Kier alpha value is -2.75. The predicted octanol–water partition coefficient (Wildman–Crippen LogP) is 6.18. The lowest BCUT2D eigenvalue weighted by molar-refractivity contribution is -0.118. The summed E-state index contributed by atoms with van der Waals surface area (Å²) < 4.78 is 5.42. The van der Waals surface area contributed by atoms with Crippen molar-refractivity contribution in [3.05, 3.63) is 94.0 Å². The summed E-state index contributed by atoms with van der Waals surface area (Å²) in [6, 6.07) is 22.5. The van der Waals surface area contributed by atoms with E-state index >= 15 is 0 Å². The van der Waals surface area contributed by atoms with Gasteiger partial charge in [-0.25, -0.2) is 0 Å². The van der Waals surface area contributed by atoms with Gasteiger partial charge in [-0.15, -0.1) is 0 Å². The van der Waals surface area contributed by atoms with Gasteiger partial charge in [0.15, 0.2) is 6.61 Å². The summed E-state index contributed by atoms with van der Waals surface area (Å²) in [6.07, 6.45) is 4.06. The van der Waals surface area contributed by atoms with Crippen LogP contribution in [0.1, 0.15) is 11.1 Å². The van der Waals surface area contributed by atoms with Crippen molar-refractivity contribution in [2.45, 2.75) is 0 Å². The quantitative estimate of drug-likeness (QED) is 0.504. The maximum atomic E-state index is 12.0. The van der Waals surface area contributed by atoms with Crippen LogP contribution in [-0.2, 0) is 4.79 Å². The molecule has 0 radical (unpaired) electrons. The maximum absolute atomic E-state index is 12.0. The molecule has 0 heterocycles. The van der Waals surface area contributed by atoms with E-state index in [1.807, 2.05) is 66.7 Å². The molecular weight excluding hydrogens is 381 g/mol. The number of ether oxygens (including phenoxy) is 1. The summed E-state index contributed by atoms with van der Waals surface area (Å²) in [5.74, 6) is 0.145. The van der Waals surface area contributed by atoms with Crippen molar-refractivity contribution in [2.24, 2.45) is 0 Å². The van der Waals surface area contributed by atoms with E-state index in [2.05, 4.69) is 5.32 Å². The standard InChI is InChI=1S/C22H17Cl2NO2/c23-18-10-13-21(20(24)14-18)27-15-22(26)25-19-11-8-17(9-12-19)7-6-16-4-2-1-3-5-16/h1-14H,15H2,(H,25,26). The van der Waals surface area contributed by atoms with Gasteiger partial charge in [-0.3, -0.25) is 4.79 Å². The number of carbonyl (C=O) groups excluding carboxylic acids is 1. The Bertz CT molecular complexity index is 938. The number of hydrogen-bond donors (Lipinski definition) is 1. The Morgan fingerprint density at radius 1 is 0.889 bits per heavy atom. The van der Waals surface area contributed by atoms with Gasteiger partial charge < -0.3 is 10.1 Å². The largest absolute Gasteiger partial charge is 0.482 e. The molecule has 0 fully saturated rings. The number of amides is 1. The number of nitrogens with one attached hydrogen (secondary N) is 1. The molecule has 0 bridgehead atoms. The van der Waals surface area contributed by atoms with Crippen LogP contribution in [-0.4, -0.2) is 12.5 Å². The SMILES string of the molecule is O=C(COc1ccc(Cl)cc1Cl)Nc1ccc(C=Cc2ccccc2)cc1. The number of benzene rings is 3. The van der Waals surface area contributed by atoms with E-state index in [9.17, 15) is 4.79 Å². The van der Waals surface area contributed by atoms with E-state index in [4.69, 9.17) is 27.9 Å². The van der Waals surface area contributed by atoms with Gasteiger partial charge in [0.2, 0.25) is 0 Å². The van der Waals surface area contributed by atoms with Gasteiger partial charge in [-0.1, -0.05) is 77.8 Å². The van der Waals surface area contributed by atoms with Crippen LogP contribution in [0.3, 0.4) is 0 Å². The Kier molecular flexibility index (Phi) is 6.53. The van der Waals surface area contributed by atoms with Crippen molar-refractivity contribution in [3.63, 3.8) is 0 Å². The molecule has 3 nitrogen and oxygen atoms in total. The fourth-order valence-corrected chi connectivity index (χ4v) is 2.83. The van der Waals surface area contributed by atoms with Crippen molar-refractivity contribution in [3.8, 4) is 5.75 Å². The molecule has 0 aromatic heterocycles. The first kappa shape index (κ1) is 19.0. The van der Waals surface area contributed by atoms with E-state index in [-0.39, 0.29) is 12.5 Å². The molecule has 0 aliphatic carbocycles. The van der Waals surface area contributed by atoms with E-state index < -0.39 is 0 Å². The molecule has 1 N–H and O–H groups in total. The summed E-state index contributed by atoms with van der Waals surface area (Å²) in [6.45, 7) is -0.142. The molecule has 0 saturated carbocycles. The molecule has 0 spiro atoms. The van der Waals surface area contributed by atoms with Crippen LogP contribution in [0.5, 0.6) is 5.75 Å². The molecule has 0 unspecified atom stereocenters. The van der Waals surface area contributed by atoms with Crippen LogP contribution in [0.4, 0.5) is 5.69 Å². The fraction of sp³-hybridized carbons (Fsp3) is 0.0455. The minimum atomic E-state index is -0.270. The zero-order valence-electron chi connectivity index (χ0n) is 14.4. The highest BCUT2D eigenvalue weighted by Gasteiger charge is 2.07. The summed E-state index contributed by atoms with van der Waals surface area (Å²) in [5.41, 5.74) is 2.87. The third kappa shape index (κ3) is 5.88. The Morgan fingerprint density at radius 3 is 2.22 bits per heavy atom. The minimum absolute atomic E-state index is 0.142. The van der Waals surface area contributed by atoms with Crippen LogP contribution >= 0.6 is 23.2 Å². The second kappa shape index (κ2) is 9.26. The average molecular weight is 398 g/mol. The third-order valence-corrected chi connectivity index (χ3v) is 4.25. The first-order valence-corrected chi connectivity index (χ1v) is 9.07.